The number of benzene rings is 1. The van der Waals surface area contributed by atoms with E-state index < -0.39 is 41.6 Å². The van der Waals surface area contributed by atoms with Crippen LogP contribution in [0.3, 0.4) is 0 Å². The van der Waals surface area contributed by atoms with Crippen molar-refractivity contribution in [3.05, 3.63) is 35.9 Å². The zero-order valence-corrected chi connectivity index (χ0v) is 19.5. The predicted octanol–water partition coefficient (Wildman–Crippen LogP) is 2.42. The summed E-state index contributed by atoms with van der Waals surface area (Å²) in [5.41, 5.74) is 5.52. The molecule has 0 aromatic heterocycles. The van der Waals surface area contributed by atoms with Gasteiger partial charge in [-0.1, -0.05) is 50.6 Å². The van der Waals surface area contributed by atoms with Gasteiger partial charge in [0.1, 0.15) is 24.3 Å². The van der Waals surface area contributed by atoms with Crippen molar-refractivity contribution in [3.63, 3.8) is 0 Å². The third-order valence-corrected chi connectivity index (χ3v) is 4.71. The third-order valence-electron chi connectivity index (χ3n) is 4.71. The highest BCUT2D eigenvalue weighted by Gasteiger charge is 2.31. The maximum absolute atomic E-state index is 12.8. The fourth-order valence-corrected chi connectivity index (χ4v) is 2.76. The molecule has 0 aliphatic heterocycles. The van der Waals surface area contributed by atoms with Gasteiger partial charge in [-0.3, -0.25) is 14.4 Å². The standard InChI is InChI=1S/C23H35N3O6/c1-6-15(2)19(26-22(30)32-23(3,4)5)21(29)25-17(20(24)28)12-13-18(27)31-14-16-10-8-7-9-11-16/h7-11,15,17,19H,6,12-14H2,1-5H3,(H2,24,28)(H,25,29)(H,26,30)/t15-,17-,19+/m0/s1. The summed E-state index contributed by atoms with van der Waals surface area (Å²) >= 11 is 0. The molecule has 0 spiro atoms. The van der Waals surface area contributed by atoms with Gasteiger partial charge < -0.3 is 25.8 Å². The molecule has 0 heterocycles. The number of carbonyl (C=O) groups is 4. The highest BCUT2D eigenvalue weighted by Crippen LogP contribution is 2.12. The summed E-state index contributed by atoms with van der Waals surface area (Å²) in [6, 6.07) is 7.16. The zero-order chi connectivity index (χ0) is 24.3. The van der Waals surface area contributed by atoms with Gasteiger partial charge in [0.25, 0.3) is 0 Å². The number of hydrogen-bond donors (Lipinski definition) is 3. The topological polar surface area (TPSA) is 137 Å². The molecule has 0 saturated carbocycles. The second-order valence-electron chi connectivity index (χ2n) is 8.66. The van der Waals surface area contributed by atoms with Gasteiger partial charge in [-0.2, -0.15) is 0 Å². The van der Waals surface area contributed by atoms with Crippen LogP contribution < -0.4 is 16.4 Å². The van der Waals surface area contributed by atoms with Crippen LogP contribution >= 0.6 is 0 Å². The van der Waals surface area contributed by atoms with E-state index in [0.29, 0.717) is 6.42 Å². The molecule has 0 aliphatic carbocycles. The first-order chi connectivity index (χ1) is 14.9. The molecular weight excluding hydrogens is 414 g/mol. The van der Waals surface area contributed by atoms with Gasteiger partial charge in [0.15, 0.2) is 0 Å². The van der Waals surface area contributed by atoms with E-state index >= 15 is 0 Å². The fourth-order valence-electron chi connectivity index (χ4n) is 2.76. The molecule has 9 heteroatoms. The Balaban J connectivity index is 2.67. The third kappa shape index (κ3) is 10.3. The molecule has 1 rings (SSSR count). The highest BCUT2D eigenvalue weighted by atomic mass is 16.6. The molecule has 0 radical (unpaired) electrons. The van der Waals surface area contributed by atoms with Gasteiger partial charge in [0, 0.05) is 6.42 Å². The Bertz CT molecular complexity index is 776. The van der Waals surface area contributed by atoms with Crippen molar-refractivity contribution in [1.82, 2.24) is 10.6 Å². The summed E-state index contributed by atoms with van der Waals surface area (Å²) in [5.74, 6) is -2.10. The number of carbonyl (C=O) groups excluding carboxylic acids is 4. The number of esters is 1. The molecule has 0 saturated heterocycles. The van der Waals surface area contributed by atoms with Crippen LogP contribution in [0.2, 0.25) is 0 Å². The Kier molecular flexibility index (Phi) is 10.7. The quantitative estimate of drug-likeness (QED) is 0.444. The van der Waals surface area contributed by atoms with Crippen LogP contribution in [-0.4, -0.2) is 41.6 Å². The molecule has 178 valence electrons. The van der Waals surface area contributed by atoms with Gasteiger partial charge in [0.05, 0.1) is 0 Å². The summed E-state index contributed by atoms with van der Waals surface area (Å²) in [4.78, 5) is 48.8. The maximum atomic E-state index is 12.8. The molecule has 3 amide bonds. The zero-order valence-electron chi connectivity index (χ0n) is 19.5. The van der Waals surface area contributed by atoms with E-state index in [0.717, 1.165) is 5.56 Å². The lowest BCUT2D eigenvalue weighted by molar-refractivity contribution is -0.145. The van der Waals surface area contributed by atoms with Crippen molar-refractivity contribution in [2.24, 2.45) is 11.7 Å². The monoisotopic (exact) mass is 449 g/mol. The molecule has 32 heavy (non-hydrogen) atoms. The van der Waals surface area contributed by atoms with Crippen molar-refractivity contribution in [3.8, 4) is 0 Å². The molecule has 1 aromatic carbocycles. The van der Waals surface area contributed by atoms with Gasteiger partial charge in [-0.15, -0.1) is 0 Å². The minimum atomic E-state index is -1.08. The molecule has 0 bridgehead atoms. The van der Waals surface area contributed by atoms with E-state index in [-0.39, 0.29) is 25.4 Å². The van der Waals surface area contributed by atoms with Gasteiger partial charge in [-0.05, 0) is 38.7 Å². The smallest absolute Gasteiger partial charge is 0.408 e. The summed E-state index contributed by atoms with van der Waals surface area (Å²) in [5, 5.41) is 5.09. The van der Waals surface area contributed by atoms with E-state index in [2.05, 4.69) is 10.6 Å². The minimum Gasteiger partial charge on any atom is -0.461 e. The molecular formula is C23H35N3O6. The number of alkyl carbamates (subject to hydrolysis) is 1. The molecule has 0 aliphatic rings. The largest absolute Gasteiger partial charge is 0.461 e. The van der Waals surface area contributed by atoms with Crippen LogP contribution in [0.4, 0.5) is 4.79 Å². The highest BCUT2D eigenvalue weighted by molar-refractivity contribution is 5.91. The average molecular weight is 450 g/mol. The van der Waals surface area contributed by atoms with E-state index in [1.54, 1.807) is 27.7 Å². The SMILES string of the molecule is CC[C@H](C)[C@@H](NC(=O)OC(C)(C)C)C(=O)N[C@@H](CCC(=O)OCc1ccccc1)C(N)=O. The van der Waals surface area contributed by atoms with Crippen molar-refractivity contribution < 1.29 is 28.7 Å². The van der Waals surface area contributed by atoms with Crippen LogP contribution in [0.15, 0.2) is 30.3 Å². The van der Waals surface area contributed by atoms with Crippen LogP contribution in [0.25, 0.3) is 0 Å². The first kappa shape index (κ1) is 26.9. The number of ether oxygens (including phenoxy) is 2. The van der Waals surface area contributed by atoms with E-state index in [9.17, 15) is 19.2 Å². The molecule has 0 unspecified atom stereocenters. The Morgan fingerprint density at radius 1 is 1.06 bits per heavy atom. The van der Waals surface area contributed by atoms with Crippen LogP contribution in [0, 0.1) is 5.92 Å². The number of amides is 3. The summed E-state index contributed by atoms with van der Waals surface area (Å²) in [7, 11) is 0. The summed E-state index contributed by atoms with van der Waals surface area (Å²) in [6.45, 7) is 8.92. The summed E-state index contributed by atoms with van der Waals surface area (Å²) < 4.78 is 10.4. The van der Waals surface area contributed by atoms with Gasteiger partial charge >= 0.3 is 12.1 Å². The van der Waals surface area contributed by atoms with Crippen molar-refractivity contribution in [2.45, 2.75) is 78.2 Å². The Morgan fingerprint density at radius 2 is 1.69 bits per heavy atom. The molecule has 9 nitrogen and oxygen atoms in total. The van der Waals surface area contributed by atoms with Crippen molar-refractivity contribution >= 4 is 23.9 Å². The second kappa shape index (κ2) is 12.7. The lowest BCUT2D eigenvalue weighted by atomic mass is 9.98. The lowest BCUT2D eigenvalue weighted by Gasteiger charge is -2.27. The molecule has 3 atom stereocenters. The van der Waals surface area contributed by atoms with E-state index in [1.807, 2.05) is 37.3 Å². The molecule has 4 N–H and O–H groups in total. The van der Waals surface area contributed by atoms with Crippen molar-refractivity contribution in [1.29, 1.82) is 0 Å². The number of nitrogens with two attached hydrogens (primary N) is 1. The lowest BCUT2D eigenvalue weighted by Crippen LogP contribution is -2.55. The first-order valence-electron chi connectivity index (χ1n) is 10.7. The number of hydrogen-bond acceptors (Lipinski definition) is 6. The molecule has 1 aromatic rings. The van der Waals surface area contributed by atoms with Gasteiger partial charge in [-0.25, -0.2) is 4.79 Å². The normalized spacial score (nSPS) is 13.9. The number of primary amides is 1. The Hall–Kier alpha value is -3.10. The van der Waals surface area contributed by atoms with Crippen LogP contribution in [0.5, 0.6) is 0 Å². The Labute approximate surface area is 189 Å². The fraction of sp³-hybridized carbons (Fsp3) is 0.565. The maximum Gasteiger partial charge on any atom is 0.408 e. The predicted molar refractivity (Wildman–Crippen MR) is 119 cm³/mol. The van der Waals surface area contributed by atoms with Crippen LogP contribution in [0.1, 0.15) is 59.4 Å². The van der Waals surface area contributed by atoms with E-state index in [4.69, 9.17) is 15.2 Å². The van der Waals surface area contributed by atoms with Crippen LogP contribution in [-0.2, 0) is 30.5 Å². The van der Waals surface area contributed by atoms with E-state index in [1.165, 1.54) is 0 Å². The Morgan fingerprint density at radius 3 is 2.22 bits per heavy atom. The number of rotatable bonds is 11. The number of nitrogens with one attached hydrogen (secondary N) is 2. The minimum absolute atomic E-state index is 0.0195. The molecule has 0 fully saturated rings. The second-order valence-corrected chi connectivity index (χ2v) is 8.66. The average Bonchev–Trinajstić information content (AvgIpc) is 2.71. The summed E-state index contributed by atoms with van der Waals surface area (Å²) in [6.07, 6.45) is -0.262. The van der Waals surface area contributed by atoms with Gasteiger partial charge in [0.2, 0.25) is 11.8 Å². The first-order valence-corrected chi connectivity index (χ1v) is 10.7. The van der Waals surface area contributed by atoms with Crippen molar-refractivity contribution in [2.75, 3.05) is 0 Å².